The number of rotatable bonds is 7. The minimum atomic E-state index is -0.432. The molecule has 0 fully saturated rings. The third-order valence-corrected chi connectivity index (χ3v) is 2.55. The maximum Gasteiger partial charge on any atom is 0.228 e. The molecule has 19 heavy (non-hydrogen) atoms. The van der Waals surface area contributed by atoms with Gasteiger partial charge in [0.2, 0.25) is 11.8 Å². The molecule has 1 aromatic carbocycles. The number of hydrogen-bond donors (Lipinski definition) is 3. The molecule has 104 valence electrons. The zero-order valence-electron chi connectivity index (χ0n) is 10.9. The Labute approximate surface area is 112 Å². The molecule has 0 aliphatic carbocycles. The predicted molar refractivity (Wildman–Crippen MR) is 72.6 cm³/mol. The first kappa shape index (κ1) is 15.0. The van der Waals surface area contributed by atoms with Gasteiger partial charge in [0.15, 0.2) is 0 Å². The fraction of sp³-hybridized carbons (Fsp3) is 0.385. The van der Waals surface area contributed by atoms with Crippen molar-refractivity contribution in [2.24, 2.45) is 17.4 Å². The molecule has 0 aliphatic heterocycles. The summed E-state index contributed by atoms with van der Waals surface area (Å²) in [5.41, 5.74) is 11.0. The molecule has 0 aromatic heterocycles. The first-order valence-corrected chi connectivity index (χ1v) is 6.05. The number of nitrogens with one attached hydrogen (secondary N) is 1. The number of nitrogens with two attached hydrogens (primary N) is 2. The van der Waals surface area contributed by atoms with Crippen molar-refractivity contribution in [3.05, 3.63) is 24.3 Å². The van der Waals surface area contributed by atoms with Crippen molar-refractivity contribution in [2.45, 2.75) is 13.3 Å². The van der Waals surface area contributed by atoms with Gasteiger partial charge in [0, 0.05) is 12.5 Å². The highest BCUT2D eigenvalue weighted by molar-refractivity contribution is 5.93. The number of amides is 2. The molecule has 0 heterocycles. The summed E-state index contributed by atoms with van der Waals surface area (Å²) in [6.07, 6.45) is 0.126. The molecular formula is C13H19N3O3. The molecule has 6 nitrogen and oxygen atoms in total. The smallest absolute Gasteiger partial charge is 0.228 e. The second kappa shape index (κ2) is 7.38. The highest BCUT2D eigenvalue weighted by atomic mass is 16.5. The summed E-state index contributed by atoms with van der Waals surface area (Å²) in [7, 11) is 0. The van der Waals surface area contributed by atoms with Gasteiger partial charge in [-0.3, -0.25) is 9.59 Å². The van der Waals surface area contributed by atoms with Crippen LogP contribution in [0.25, 0.3) is 0 Å². The molecule has 0 saturated heterocycles. The summed E-state index contributed by atoms with van der Waals surface area (Å²) in [5, 5.41) is 2.74. The van der Waals surface area contributed by atoms with E-state index in [0.717, 1.165) is 0 Å². The third kappa shape index (κ3) is 4.97. The maximum absolute atomic E-state index is 11.8. The highest BCUT2D eigenvalue weighted by Crippen LogP contribution is 2.24. The summed E-state index contributed by atoms with van der Waals surface area (Å²) >= 11 is 0. The van der Waals surface area contributed by atoms with Crippen LogP contribution in [0.1, 0.15) is 13.3 Å². The van der Waals surface area contributed by atoms with E-state index >= 15 is 0 Å². The van der Waals surface area contributed by atoms with Gasteiger partial charge in [-0.05, 0) is 12.1 Å². The Morgan fingerprint density at radius 2 is 2.05 bits per heavy atom. The van der Waals surface area contributed by atoms with Crippen molar-refractivity contribution >= 4 is 17.5 Å². The maximum atomic E-state index is 11.8. The Morgan fingerprint density at radius 3 is 2.68 bits per heavy atom. The Hall–Kier alpha value is -2.08. The van der Waals surface area contributed by atoms with Gasteiger partial charge < -0.3 is 21.5 Å². The molecule has 6 heteroatoms. The molecule has 1 aromatic rings. The van der Waals surface area contributed by atoms with Crippen LogP contribution in [-0.4, -0.2) is 25.0 Å². The van der Waals surface area contributed by atoms with Gasteiger partial charge in [0.05, 0.1) is 18.7 Å². The largest absolute Gasteiger partial charge is 0.491 e. The van der Waals surface area contributed by atoms with Gasteiger partial charge >= 0.3 is 0 Å². The summed E-state index contributed by atoms with van der Waals surface area (Å²) in [5.74, 6) is -0.383. The second-order valence-corrected chi connectivity index (χ2v) is 4.19. The van der Waals surface area contributed by atoms with Crippen molar-refractivity contribution in [3.8, 4) is 5.75 Å². The van der Waals surface area contributed by atoms with E-state index < -0.39 is 5.91 Å². The van der Waals surface area contributed by atoms with Crippen LogP contribution >= 0.6 is 0 Å². The number of carbonyl (C=O) groups is 2. The highest BCUT2D eigenvalue weighted by Gasteiger charge is 2.13. The van der Waals surface area contributed by atoms with Gasteiger partial charge in [0.25, 0.3) is 0 Å². The van der Waals surface area contributed by atoms with Crippen LogP contribution in [0.15, 0.2) is 24.3 Å². The van der Waals surface area contributed by atoms with E-state index in [2.05, 4.69) is 5.32 Å². The molecule has 0 aliphatic rings. The minimum Gasteiger partial charge on any atom is -0.491 e. The average Bonchev–Trinajstić information content (AvgIpc) is 2.39. The molecule has 0 bridgehead atoms. The number of anilines is 1. The van der Waals surface area contributed by atoms with Gasteiger partial charge in [-0.1, -0.05) is 19.1 Å². The topological polar surface area (TPSA) is 107 Å². The van der Waals surface area contributed by atoms with E-state index in [4.69, 9.17) is 16.2 Å². The molecule has 1 unspecified atom stereocenters. The first-order valence-electron chi connectivity index (χ1n) is 6.05. The van der Waals surface area contributed by atoms with Crippen molar-refractivity contribution in [2.75, 3.05) is 18.5 Å². The third-order valence-electron chi connectivity index (χ3n) is 2.55. The Balaban J connectivity index is 2.67. The number of primary amides is 1. The predicted octanol–water partition coefficient (Wildman–Crippen LogP) is 0.474. The van der Waals surface area contributed by atoms with Crippen molar-refractivity contribution in [1.82, 2.24) is 0 Å². The van der Waals surface area contributed by atoms with E-state index in [-0.39, 0.29) is 31.4 Å². The number of benzene rings is 1. The van der Waals surface area contributed by atoms with Gasteiger partial charge in [0.1, 0.15) is 5.75 Å². The van der Waals surface area contributed by atoms with Crippen molar-refractivity contribution < 1.29 is 14.3 Å². The Bertz CT molecular complexity index is 449. The summed E-state index contributed by atoms with van der Waals surface area (Å²) in [4.78, 5) is 22.4. The number of para-hydroxylation sites is 2. The molecule has 0 saturated carbocycles. The van der Waals surface area contributed by atoms with E-state index in [9.17, 15) is 9.59 Å². The monoisotopic (exact) mass is 265 g/mol. The van der Waals surface area contributed by atoms with Crippen LogP contribution in [0.5, 0.6) is 5.75 Å². The lowest BCUT2D eigenvalue weighted by molar-refractivity contribution is -0.119. The summed E-state index contributed by atoms with van der Waals surface area (Å²) < 4.78 is 5.42. The molecule has 1 rings (SSSR count). The minimum absolute atomic E-state index is 0.126. The van der Waals surface area contributed by atoms with Gasteiger partial charge in [-0.15, -0.1) is 0 Å². The van der Waals surface area contributed by atoms with E-state index in [0.29, 0.717) is 11.4 Å². The van der Waals surface area contributed by atoms with Crippen LogP contribution in [0.2, 0.25) is 0 Å². The van der Waals surface area contributed by atoms with Crippen LogP contribution in [0.4, 0.5) is 5.69 Å². The number of hydrogen-bond acceptors (Lipinski definition) is 4. The Morgan fingerprint density at radius 1 is 1.37 bits per heavy atom. The van der Waals surface area contributed by atoms with E-state index in [1.54, 1.807) is 31.2 Å². The lowest BCUT2D eigenvalue weighted by atomic mass is 10.1. The Kier molecular flexibility index (Phi) is 5.81. The number of ether oxygens (including phenoxy) is 1. The first-order chi connectivity index (χ1) is 9.04. The quantitative estimate of drug-likeness (QED) is 0.666. The lowest BCUT2D eigenvalue weighted by Gasteiger charge is -2.14. The molecule has 0 radical (unpaired) electrons. The van der Waals surface area contributed by atoms with Crippen LogP contribution < -0.4 is 21.5 Å². The second-order valence-electron chi connectivity index (χ2n) is 4.19. The standard InChI is InChI=1S/C13H19N3O3/c1-9(8-14)13(18)16-10-4-2-3-5-11(10)19-7-6-12(15)17/h2-5,9H,6-8,14H2,1H3,(H2,15,17)(H,16,18). The van der Waals surface area contributed by atoms with Gasteiger partial charge in [-0.2, -0.15) is 0 Å². The number of carbonyl (C=O) groups excluding carboxylic acids is 2. The fourth-order valence-corrected chi connectivity index (χ4v) is 1.32. The van der Waals surface area contributed by atoms with Crippen molar-refractivity contribution in [1.29, 1.82) is 0 Å². The normalized spacial score (nSPS) is 11.7. The van der Waals surface area contributed by atoms with Crippen molar-refractivity contribution in [3.63, 3.8) is 0 Å². The molecular weight excluding hydrogens is 246 g/mol. The summed E-state index contributed by atoms with van der Waals surface area (Å²) in [6, 6.07) is 7.00. The molecule has 2 amide bonds. The van der Waals surface area contributed by atoms with E-state index in [1.807, 2.05) is 0 Å². The zero-order chi connectivity index (χ0) is 14.3. The van der Waals surface area contributed by atoms with Crippen LogP contribution in [0, 0.1) is 5.92 Å². The average molecular weight is 265 g/mol. The lowest BCUT2D eigenvalue weighted by Crippen LogP contribution is -2.27. The molecule has 0 spiro atoms. The molecule has 5 N–H and O–H groups in total. The summed E-state index contributed by atoms with van der Waals surface area (Å²) in [6.45, 7) is 2.19. The zero-order valence-corrected chi connectivity index (χ0v) is 10.9. The fourth-order valence-electron chi connectivity index (χ4n) is 1.32. The van der Waals surface area contributed by atoms with Crippen LogP contribution in [0.3, 0.4) is 0 Å². The van der Waals surface area contributed by atoms with E-state index in [1.165, 1.54) is 0 Å². The van der Waals surface area contributed by atoms with Crippen LogP contribution in [-0.2, 0) is 9.59 Å². The SMILES string of the molecule is CC(CN)C(=O)Nc1ccccc1OCCC(N)=O. The molecule has 1 atom stereocenters. The van der Waals surface area contributed by atoms with Gasteiger partial charge in [-0.25, -0.2) is 0 Å².